The van der Waals surface area contributed by atoms with Crippen LogP contribution < -0.4 is 11.1 Å². The summed E-state index contributed by atoms with van der Waals surface area (Å²) in [5.41, 5.74) is 6.01. The maximum Gasteiger partial charge on any atom is 0.0779 e. The molecule has 1 saturated heterocycles. The van der Waals surface area contributed by atoms with Crippen LogP contribution in [0.4, 0.5) is 0 Å². The molecule has 2 aliphatic rings. The summed E-state index contributed by atoms with van der Waals surface area (Å²) in [6, 6.07) is 0.465. The summed E-state index contributed by atoms with van der Waals surface area (Å²) in [5, 5.41) is 3.59. The lowest BCUT2D eigenvalue weighted by Crippen LogP contribution is -2.40. The molecule has 1 saturated carbocycles. The summed E-state index contributed by atoms with van der Waals surface area (Å²) in [6.45, 7) is 5.32. The van der Waals surface area contributed by atoms with E-state index in [9.17, 15) is 0 Å². The second kappa shape index (κ2) is 5.48. The Kier molecular flexibility index (Phi) is 4.22. The summed E-state index contributed by atoms with van der Waals surface area (Å²) in [5.74, 6) is 0.838. The van der Waals surface area contributed by atoms with E-state index in [1.54, 1.807) is 0 Å². The molecule has 1 unspecified atom stereocenters. The molecule has 3 nitrogen and oxygen atoms in total. The average molecular weight is 226 g/mol. The highest BCUT2D eigenvalue weighted by molar-refractivity contribution is 4.83. The van der Waals surface area contributed by atoms with Crippen molar-refractivity contribution in [2.45, 2.75) is 57.1 Å². The number of nitrogens with one attached hydrogen (secondary N) is 1. The van der Waals surface area contributed by atoms with Crippen molar-refractivity contribution in [3.05, 3.63) is 0 Å². The molecule has 1 atom stereocenters. The molecular formula is C13H26N2O. The quantitative estimate of drug-likeness (QED) is 0.766. The molecule has 3 heteroatoms. The minimum Gasteiger partial charge on any atom is -0.374 e. The zero-order valence-corrected chi connectivity index (χ0v) is 10.5. The fourth-order valence-corrected chi connectivity index (χ4v) is 2.91. The van der Waals surface area contributed by atoms with E-state index in [0.29, 0.717) is 6.04 Å². The summed E-state index contributed by atoms with van der Waals surface area (Å²) < 4.78 is 5.76. The minimum absolute atomic E-state index is 0.102. The highest BCUT2D eigenvalue weighted by Gasteiger charge is 2.29. The Morgan fingerprint density at radius 3 is 2.69 bits per heavy atom. The number of hydrogen-bond donors (Lipinski definition) is 2. The number of ether oxygens (including phenoxy) is 1. The fraction of sp³-hybridized carbons (Fsp3) is 1.00. The molecular weight excluding hydrogens is 200 g/mol. The number of rotatable bonds is 4. The Labute approximate surface area is 99.1 Å². The average Bonchev–Trinajstić information content (AvgIpc) is 2.69. The van der Waals surface area contributed by atoms with E-state index in [0.717, 1.165) is 25.6 Å². The second-order valence-electron chi connectivity index (χ2n) is 5.81. The molecule has 1 heterocycles. The van der Waals surface area contributed by atoms with Gasteiger partial charge in [-0.1, -0.05) is 0 Å². The Morgan fingerprint density at radius 1 is 1.31 bits per heavy atom. The number of nitrogens with two attached hydrogens (primary N) is 1. The third-order valence-corrected chi connectivity index (χ3v) is 4.12. The van der Waals surface area contributed by atoms with Crippen LogP contribution in [0.15, 0.2) is 0 Å². The van der Waals surface area contributed by atoms with Crippen LogP contribution in [0.25, 0.3) is 0 Å². The van der Waals surface area contributed by atoms with Gasteiger partial charge in [-0.15, -0.1) is 0 Å². The van der Waals surface area contributed by atoms with Gasteiger partial charge in [0, 0.05) is 19.2 Å². The molecule has 3 N–H and O–H groups in total. The minimum atomic E-state index is 0.102. The van der Waals surface area contributed by atoms with Crippen LogP contribution >= 0.6 is 0 Å². The normalized spacial score (nSPS) is 40.1. The first-order chi connectivity index (χ1) is 7.68. The van der Waals surface area contributed by atoms with Crippen LogP contribution in [0.2, 0.25) is 0 Å². The van der Waals surface area contributed by atoms with E-state index >= 15 is 0 Å². The standard InChI is InChI=1S/C13H26N2O/c1-13(7-2-8-16-13)10-15-9-11-3-5-12(14)6-4-11/h11-12,15H,2-10,14H2,1H3. The molecule has 1 aliphatic heterocycles. The van der Waals surface area contributed by atoms with Gasteiger partial charge < -0.3 is 15.8 Å². The maximum absolute atomic E-state index is 5.91. The monoisotopic (exact) mass is 226 g/mol. The van der Waals surface area contributed by atoms with Gasteiger partial charge in [0.2, 0.25) is 0 Å². The summed E-state index contributed by atoms with van der Waals surface area (Å²) in [6.07, 6.45) is 7.43. The maximum atomic E-state index is 5.91. The van der Waals surface area contributed by atoms with Gasteiger partial charge in [0.25, 0.3) is 0 Å². The van der Waals surface area contributed by atoms with Crippen LogP contribution in [-0.4, -0.2) is 31.3 Å². The van der Waals surface area contributed by atoms with Gasteiger partial charge in [-0.3, -0.25) is 0 Å². The molecule has 0 aromatic rings. The molecule has 0 amide bonds. The van der Waals surface area contributed by atoms with Crippen molar-refractivity contribution in [3.8, 4) is 0 Å². The van der Waals surface area contributed by atoms with Crippen molar-refractivity contribution in [1.29, 1.82) is 0 Å². The largest absolute Gasteiger partial charge is 0.374 e. The van der Waals surface area contributed by atoms with E-state index in [-0.39, 0.29) is 5.60 Å². The van der Waals surface area contributed by atoms with Crippen LogP contribution in [0.3, 0.4) is 0 Å². The molecule has 0 bridgehead atoms. The summed E-state index contributed by atoms with van der Waals surface area (Å²) >= 11 is 0. The molecule has 16 heavy (non-hydrogen) atoms. The smallest absolute Gasteiger partial charge is 0.0779 e. The van der Waals surface area contributed by atoms with Crippen molar-refractivity contribution < 1.29 is 4.74 Å². The van der Waals surface area contributed by atoms with E-state index in [1.807, 2.05) is 0 Å². The predicted octanol–water partition coefficient (Wildman–Crippen LogP) is 1.66. The molecule has 94 valence electrons. The van der Waals surface area contributed by atoms with Crippen LogP contribution in [0.1, 0.15) is 45.4 Å². The first-order valence-corrected chi connectivity index (χ1v) is 6.78. The fourth-order valence-electron chi connectivity index (χ4n) is 2.91. The third kappa shape index (κ3) is 3.44. The molecule has 2 rings (SSSR count). The first kappa shape index (κ1) is 12.3. The highest BCUT2D eigenvalue weighted by Crippen LogP contribution is 2.25. The lowest BCUT2D eigenvalue weighted by Gasteiger charge is -2.28. The zero-order valence-electron chi connectivity index (χ0n) is 10.5. The summed E-state index contributed by atoms with van der Waals surface area (Å²) in [7, 11) is 0. The van der Waals surface area contributed by atoms with E-state index in [1.165, 1.54) is 38.5 Å². The first-order valence-electron chi connectivity index (χ1n) is 6.78. The molecule has 2 fully saturated rings. The van der Waals surface area contributed by atoms with Gasteiger partial charge in [0.15, 0.2) is 0 Å². The molecule has 0 radical (unpaired) electrons. The van der Waals surface area contributed by atoms with Gasteiger partial charge in [-0.25, -0.2) is 0 Å². The Balaban J connectivity index is 1.61. The van der Waals surface area contributed by atoms with Crippen LogP contribution in [0, 0.1) is 5.92 Å². The van der Waals surface area contributed by atoms with Crippen molar-refractivity contribution in [2.75, 3.05) is 19.7 Å². The van der Waals surface area contributed by atoms with Crippen LogP contribution in [0.5, 0.6) is 0 Å². The Morgan fingerprint density at radius 2 is 2.06 bits per heavy atom. The van der Waals surface area contributed by atoms with Crippen molar-refractivity contribution >= 4 is 0 Å². The van der Waals surface area contributed by atoms with E-state index in [4.69, 9.17) is 10.5 Å². The Hall–Kier alpha value is -0.120. The van der Waals surface area contributed by atoms with Gasteiger partial charge in [-0.05, 0) is 57.9 Å². The van der Waals surface area contributed by atoms with Gasteiger partial charge in [-0.2, -0.15) is 0 Å². The number of hydrogen-bond acceptors (Lipinski definition) is 3. The predicted molar refractivity (Wildman–Crippen MR) is 66.4 cm³/mol. The molecule has 0 aromatic heterocycles. The van der Waals surface area contributed by atoms with Crippen molar-refractivity contribution in [1.82, 2.24) is 5.32 Å². The topological polar surface area (TPSA) is 47.3 Å². The zero-order chi connectivity index (χ0) is 11.4. The highest BCUT2D eigenvalue weighted by atomic mass is 16.5. The molecule has 0 spiro atoms. The third-order valence-electron chi connectivity index (χ3n) is 4.12. The molecule has 1 aliphatic carbocycles. The van der Waals surface area contributed by atoms with E-state index < -0.39 is 0 Å². The van der Waals surface area contributed by atoms with Crippen molar-refractivity contribution in [2.24, 2.45) is 11.7 Å². The van der Waals surface area contributed by atoms with Gasteiger partial charge in [0.1, 0.15) is 0 Å². The van der Waals surface area contributed by atoms with E-state index in [2.05, 4.69) is 12.2 Å². The molecule has 0 aromatic carbocycles. The lowest BCUT2D eigenvalue weighted by molar-refractivity contribution is 0.0200. The van der Waals surface area contributed by atoms with Gasteiger partial charge in [0.05, 0.1) is 5.60 Å². The SMILES string of the molecule is CC1(CNCC2CCC(N)CC2)CCCO1. The summed E-state index contributed by atoms with van der Waals surface area (Å²) in [4.78, 5) is 0. The second-order valence-corrected chi connectivity index (χ2v) is 5.81. The Bertz CT molecular complexity index is 206. The lowest BCUT2D eigenvalue weighted by atomic mass is 9.86. The van der Waals surface area contributed by atoms with Gasteiger partial charge >= 0.3 is 0 Å². The van der Waals surface area contributed by atoms with Crippen molar-refractivity contribution in [3.63, 3.8) is 0 Å². The van der Waals surface area contributed by atoms with Crippen LogP contribution in [-0.2, 0) is 4.74 Å².